The summed E-state index contributed by atoms with van der Waals surface area (Å²) in [6, 6.07) is 4.96. The van der Waals surface area contributed by atoms with Crippen molar-refractivity contribution in [1.82, 2.24) is 9.47 Å². The lowest BCUT2D eigenvalue weighted by molar-refractivity contribution is 0.0710. The van der Waals surface area contributed by atoms with Crippen LogP contribution in [0.5, 0.6) is 0 Å². The number of carbonyl (C=O) groups is 1. The molecule has 0 bridgehead atoms. The van der Waals surface area contributed by atoms with Crippen LogP contribution in [0, 0.1) is 11.3 Å². The maximum Gasteiger partial charge on any atom is 0.254 e. The van der Waals surface area contributed by atoms with Gasteiger partial charge in [0, 0.05) is 37.5 Å². The predicted octanol–water partition coefficient (Wildman–Crippen LogP) is 1.15. The Balaban J connectivity index is 2.99. The van der Waals surface area contributed by atoms with E-state index < -0.39 is 0 Å². The van der Waals surface area contributed by atoms with E-state index >= 15 is 0 Å². The normalized spacial score (nSPS) is 10.2. The molecular weight excluding hydrogens is 230 g/mol. The van der Waals surface area contributed by atoms with Crippen LogP contribution in [0.25, 0.3) is 0 Å². The number of nitrogens with zero attached hydrogens (tertiary/aromatic N) is 3. The molecule has 0 N–H and O–H groups in total. The highest BCUT2D eigenvalue weighted by atomic mass is 16.2. The highest BCUT2D eigenvalue weighted by Crippen LogP contribution is 2.07. The molecule has 0 saturated carbocycles. The molecule has 0 fully saturated rings. The maximum absolute atomic E-state index is 12.2. The van der Waals surface area contributed by atoms with E-state index in [-0.39, 0.29) is 23.9 Å². The van der Waals surface area contributed by atoms with Crippen LogP contribution in [0.4, 0.5) is 0 Å². The van der Waals surface area contributed by atoms with Gasteiger partial charge in [-0.25, -0.2) is 0 Å². The Kier molecular flexibility index (Phi) is 4.67. The Morgan fingerprint density at radius 2 is 2.22 bits per heavy atom. The number of aryl methyl sites for hydroxylation is 1. The van der Waals surface area contributed by atoms with Gasteiger partial charge in [0.15, 0.2) is 0 Å². The minimum absolute atomic E-state index is 0.00471. The standard InChI is InChI=1S/C13H17N3O2/c1-10(2)16(7-4-6-14)13(18)11-5-8-15(3)12(17)9-11/h5,8-10H,4,7H2,1-3H3. The van der Waals surface area contributed by atoms with E-state index in [0.29, 0.717) is 12.1 Å². The lowest BCUT2D eigenvalue weighted by Crippen LogP contribution is -2.38. The summed E-state index contributed by atoms with van der Waals surface area (Å²) in [4.78, 5) is 25.3. The first-order valence-electron chi connectivity index (χ1n) is 5.82. The zero-order valence-corrected chi connectivity index (χ0v) is 10.9. The molecule has 96 valence electrons. The summed E-state index contributed by atoms with van der Waals surface area (Å²) in [7, 11) is 1.63. The first-order chi connectivity index (χ1) is 8.47. The summed E-state index contributed by atoms with van der Waals surface area (Å²) in [5, 5.41) is 8.59. The van der Waals surface area contributed by atoms with E-state index in [2.05, 4.69) is 0 Å². The van der Waals surface area contributed by atoms with Crippen LogP contribution in [0.3, 0.4) is 0 Å². The molecule has 18 heavy (non-hydrogen) atoms. The number of nitriles is 1. The van der Waals surface area contributed by atoms with Gasteiger partial charge in [-0.05, 0) is 19.9 Å². The largest absolute Gasteiger partial charge is 0.335 e. The van der Waals surface area contributed by atoms with Gasteiger partial charge < -0.3 is 9.47 Å². The molecule has 1 aromatic rings. The second kappa shape index (κ2) is 6.01. The molecule has 0 radical (unpaired) electrons. The van der Waals surface area contributed by atoms with Crippen molar-refractivity contribution in [2.75, 3.05) is 6.54 Å². The zero-order valence-electron chi connectivity index (χ0n) is 10.9. The molecule has 0 spiro atoms. The monoisotopic (exact) mass is 247 g/mol. The fourth-order valence-corrected chi connectivity index (χ4v) is 1.61. The van der Waals surface area contributed by atoms with Gasteiger partial charge in [-0.15, -0.1) is 0 Å². The predicted molar refractivity (Wildman–Crippen MR) is 68.1 cm³/mol. The van der Waals surface area contributed by atoms with Crippen molar-refractivity contribution in [3.05, 3.63) is 34.2 Å². The molecule has 0 aromatic carbocycles. The first-order valence-corrected chi connectivity index (χ1v) is 5.82. The highest BCUT2D eigenvalue weighted by Gasteiger charge is 2.18. The smallest absolute Gasteiger partial charge is 0.254 e. The third-order valence-corrected chi connectivity index (χ3v) is 2.70. The second-order valence-corrected chi connectivity index (χ2v) is 4.36. The molecule has 0 aliphatic heterocycles. The van der Waals surface area contributed by atoms with Crippen molar-refractivity contribution in [2.45, 2.75) is 26.3 Å². The minimum Gasteiger partial charge on any atom is -0.335 e. The van der Waals surface area contributed by atoms with Gasteiger partial charge in [0.05, 0.1) is 12.5 Å². The number of hydrogen-bond acceptors (Lipinski definition) is 3. The molecule has 0 aliphatic carbocycles. The highest BCUT2D eigenvalue weighted by molar-refractivity contribution is 5.94. The lowest BCUT2D eigenvalue weighted by atomic mass is 10.2. The topological polar surface area (TPSA) is 66.1 Å². The van der Waals surface area contributed by atoms with Crippen LogP contribution in [0.2, 0.25) is 0 Å². The van der Waals surface area contributed by atoms with Crippen LogP contribution in [-0.2, 0) is 7.05 Å². The molecule has 0 saturated heterocycles. The SMILES string of the molecule is CC(C)N(CCC#N)C(=O)c1ccn(C)c(=O)c1. The van der Waals surface area contributed by atoms with E-state index in [9.17, 15) is 9.59 Å². The van der Waals surface area contributed by atoms with Crippen LogP contribution in [0.1, 0.15) is 30.6 Å². The first kappa shape index (κ1) is 14.0. The summed E-state index contributed by atoms with van der Waals surface area (Å²) in [6.07, 6.45) is 1.85. The fraction of sp³-hybridized carbons (Fsp3) is 0.462. The number of rotatable bonds is 4. The zero-order chi connectivity index (χ0) is 13.7. The van der Waals surface area contributed by atoms with E-state index in [1.807, 2.05) is 19.9 Å². The van der Waals surface area contributed by atoms with Crippen LogP contribution in [-0.4, -0.2) is 28.0 Å². The minimum atomic E-state index is -0.218. The summed E-state index contributed by atoms with van der Waals surface area (Å²) in [6.45, 7) is 4.15. The molecule has 5 heteroatoms. The van der Waals surface area contributed by atoms with Gasteiger partial charge in [-0.1, -0.05) is 0 Å². The molecule has 0 unspecified atom stereocenters. The van der Waals surface area contributed by atoms with Gasteiger partial charge in [-0.2, -0.15) is 5.26 Å². The average Bonchev–Trinajstić information content (AvgIpc) is 2.32. The molecular formula is C13H17N3O2. The van der Waals surface area contributed by atoms with Crippen molar-refractivity contribution >= 4 is 5.91 Å². The van der Waals surface area contributed by atoms with Crippen molar-refractivity contribution < 1.29 is 4.79 Å². The molecule has 0 atom stereocenters. The van der Waals surface area contributed by atoms with Crippen molar-refractivity contribution in [2.24, 2.45) is 7.05 Å². The van der Waals surface area contributed by atoms with Gasteiger partial charge in [0.25, 0.3) is 11.5 Å². The Hall–Kier alpha value is -2.09. The molecule has 0 aliphatic rings. The van der Waals surface area contributed by atoms with Crippen molar-refractivity contribution in [3.63, 3.8) is 0 Å². The summed E-state index contributed by atoms with van der Waals surface area (Å²) in [5.74, 6) is -0.210. The molecule has 1 rings (SSSR count). The number of amides is 1. The van der Waals surface area contributed by atoms with Crippen molar-refractivity contribution in [3.8, 4) is 6.07 Å². The van der Waals surface area contributed by atoms with E-state index in [1.54, 1.807) is 24.2 Å². The van der Waals surface area contributed by atoms with Crippen LogP contribution >= 0.6 is 0 Å². The Bertz CT molecular complexity index is 526. The lowest BCUT2D eigenvalue weighted by Gasteiger charge is -2.25. The summed E-state index contributed by atoms with van der Waals surface area (Å²) < 4.78 is 1.41. The molecule has 5 nitrogen and oxygen atoms in total. The van der Waals surface area contributed by atoms with E-state index in [4.69, 9.17) is 5.26 Å². The second-order valence-electron chi connectivity index (χ2n) is 4.36. The van der Waals surface area contributed by atoms with Crippen LogP contribution in [0.15, 0.2) is 23.1 Å². The Morgan fingerprint density at radius 1 is 1.56 bits per heavy atom. The molecule has 1 aromatic heterocycles. The number of aromatic nitrogens is 1. The summed E-state index contributed by atoms with van der Waals surface area (Å²) >= 11 is 0. The quantitative estimate of drug-likeness (QED) is 0.801. The number of pyridine rings is 1. The van der Waals surface area contributed by atoms with E-state index in [0.717, 1.165) is 0 Å². The van der Waals surface area contributed by atoms with Crippen LogP contribution < -0.4 is 5.56 Å². The average molecular weight is 247 g/mol. The van der Waals surface area contributed by atoms with E-state index in [1.165, 1.54) is 10.6 Å². The molecule has 1 amide bonds. The van der Waals surface area contributed by atoms with Gasteiger partial charge in [0.2, 0.25) is 0 Å². The summed E-state index contributed by atoms with van der Waals surface area (Å²) in [5.41, 5.74) is 0.148. The van der Waals surface area contributed by atoms with Gasteiger partial charge >= 0.3 is 0 Å². The fourth-order valence-electron chi connectivity index (χ4n) is 1.61. The third kappa shape index (κ3) is 3.20. The van der Waals surface area contributed by atoms with Crippen molar-refractivity contribution in [1.29, 1.82) is 5.26 Å². The number of hydrogen-bond donors (Lipinski definition) is 0. The van der Waals surface area contributed by atoms with Gasteiger partial charge in [-0.3, -0.25) is 9.59 Å². The Morgan fingerprint density at radius 3 is 2.72 bits per heavy atom. The molecule has 1 heterocycles. The Labute approximate surface area is 106 Å². The maximum atomic E-state index is 12.2. The number of carbonyl (C=O) groups excluding carboxylic acids is 1. The third-order valence-electron chi connectivity index (χ3n) is 2.70. The van der Waals surface area contributed by atoms with Gasteiger partial charge in [0.1, 0.15) is 0 Å².